The molecule has 0 spiro atoms. The van der Waals surface area contributed by atoms with Crippen molar-refractivity contribution in [2.45, 2.75) is 58.2 Å². The highest BCUT2D eigenvalue weighted by Crippen LogP contribution is 2.24. The van der Waals surface area contributed by atoms with Gasteiger partial charge in [-0.3, -0.25) is 4.79 Å². The lowest BCUT2D eigenvalue weighted by Crippen LogP contribution is -2.41. The standard InChI is InChI=1S/C11H18O4/c1-4-9(12)15-11(2,3)10(13)14-8-6-5-7-8/h8H,4-7H2,1-3H3. The van der Waals surface area contributed by atoms with Crippen LogP contribution in [0.3, 0.4) is 0 Å². The maximum Gasteiger partial charge on any atom is 0.350 e. The van der Waals surface area contributed by atoms with E-state index in [4.69, 9.17) is 9.47 Å². The van der Waals surface area contributed by atoms with Crippen LogP contribution in [0.4, 0.5) is 0 Å². The van der Waals surface area contributed by atoms with Crippen molar-refractivity contribution in [3.05, 3.63) is 0 Å². The van der Waals surface area contributed by atoms with E-state index in [1.807, 2.05) is 0 Å². The van der Waals surface area contributed by atoms with Crippen LogP contribution in [0, 0.1) is 0 Å². The lowest BCUT2D eigenvalue weighted by Gasteiger charge is -2.30. The molecule has 0 unspecified atom stereocenters. The van der Waals surface area contributed by atoms with E-state index in [0.717, 1.165) is 19.3 Å². The zero-order valence-electron chi connectivity index (χ0n) is 9.54. The summed E-state index contributed by atoms with van der Waals surface area (Å²) < 4.78 is 10.2. The Kier molecular flexibility index (Phi) is 3.72. The van der Waals surface area contributed by atoms with Gasteiger partial charge in [-0.2, -0.15) is 0 Å². The second kappa shape index (κ2) is 4.64. The van der Waals surface area contributed by atoms with Crippen LogP contribution in [-0.4, -0.2) is 23.6 Å². The average Bonchev–Trinajstić information content (AvgIpc) is 2.09. The van der Waals surface area contributed by atoms with E-state index in [-0.39, 0.29) is 18.5 Å². The molecule has 0 aliphatic heterocycles. The molecule has 1 saturated carbocycles. The van der Waals surface area contributed by atoms with Gasteiger partial charge in [-0.05, 0) is 33.1 Å². The van der Waals surface area contributed by atoms with E-state index >= 15 is 0 Å². The molecule has 1 aliphatic rings. The maximum atomic E-state index is 11.6. The first-order chi connectivity index (χ1) is 6.95. The molecule has 4 heteroatoms. The first-order valence-electron chi connectivity index (χ1n) is 5.38. The Balaban J connectivity index is 2.43. The molecule has 86 valence electrons. The average molecular weight is 214 g/mol. The minimum absolute atomic E-state index is 0.0251. The van der Waals surface area contributed by atoms with Crippen molar-refractivity contribution in [3.8, 4) is 0 Å². The molecular formula is C11H18O4. The summed E-state index contributed by atoms with van der Waals surface area (Å²) in [6, 6.07) is 0. The Morgan fingerprint density at radius 2 is 1.93 bits per heavy atom. The van der Waals surface area contributed by atoms with Gasteiger partial charge in [-0.25, -0.2) is 4.79 Å². The highest BCUT2D eigenvalue weighted by Gasteiger charge is 2.36. The topological polar surface area (TPSA) is 52.6 Å². The summed E-state index contributed by atoms with van der Waals surface area (Å²) in [7, 11) is 0. The second-order valence-corrected chi connectivity index (χ2v) is 4.30. The molecular weight excluding hydrogens is 196 g/mol. The van der Waals surface area contributed by atoms with E-state index < -0.39 is 11.6 Å². The van der Waals surface area contributed by atoms with E-state index in [2.05, 4.69) is 0 Å². The van der Waals surface area contributed by atoms with E-state index in [1.165, 1.54) is 0 Å². The highest BCUT2D eigenvalue weighted by molar-refractivity contribution is 5.82. The fourth-order valence-electron chi connectivity index (χ4n) is 1.18. The molecule has 0 aromatic carbocycles. The number of ether oxygens (including phenoxy) is 2. The maximum absolute atomic E-state index is 11.6. The van der Waals surface area contributed by atoms with Gasteiger partial charge in [0.05, 0.1) is 0 Å². The summed E-state index contributed by atoms with van der Waals surface area (Å²) in [5, 5.41) is 0. The lowest BCUT2D eigenvalue weighted by atomic mass is 9.96. The van der Waals surface area contributed by atoms with Crippen molar-refractivity contribution in [3.63, 3.8) is 0 Å². The molecule has 0 aromatic heterocycles. The van der Waals surface area contributed by atoms with Gasteiger partial charge in [-0.15, -0.1) is 0 Å². The summed E-state index contributed by atoms with van der Waals surface area (Å²) in [6.45, 7) is 4.80. The van der Waals surface area contributed by atoms with Crippen LogP contribution in [0.25, 0.3) is 0 Å². The molecule has 1 fully saturated rings. The Bertz CT molecular complexity index is 253. The predicted octanol–water partition coefficient (Wildman–Crippen LogP) is 1.81. The molecule has 0 N–H and O–H groups in total. The van der Waals surface area contributed by atoms with Gasteiger partial charge in [0.25, 0.3) is 0 Å². The number of carbonyl (C=O) groups excluding carboxylic acids is 2. The van der Waals surface area contributed by atoms with Crippen molar-refractivity contribution in [1.82, 2.24) is 0 Å². The Morgan fingerprint density at radius 1 is 1.33 bits per heavy atom. The van der Waals surface area contributed by atoms with Gasteiger partial charge < -0.3 is 9.47 Å². The molecule has 1 rings (SSSR count). The van der Waals surface area contributed by atoms with Crippen LogP contribution >= 0.6 is 0 Å². The fourth-order valence-corrected chi connectivity index (χ4v) is 1.18. The molecule has 0 saturated heterocycles. The zero-order chi connectivity index (χ0) is 11.5. The molecule has 0 amide bonds. The first-order valence-corrected chi connectivity index (χ1v) is 5.38. The Labute approximate surface area is 89.9 Å². The van der Waals surface area contributed by atoms with Crippen LogP contribution in [0.1, 0.15) is 46.5 Å². The summed E-state index contributed by atoms with van der Waals surface area (Å²) in [4.78, 5) is 22.7. The quantitative estimate of drug-likeness (QED) is 0.670. The van der Waals surface area contributed by atoms with Crippen molar-refractivity contribution in [2.75, 3.05) is 0 Å². The fraction of sp³-hybridized carbons (Fsp3) is 0.818. The number of carbonyl (C=O) groups is 2. The highest BCUT2D eigenvalue weighted by atomic mass is 16.6. The molecule has 0 atom stereocenters. The van der Waals surface area contributed by atoms with Crippen molar-refractivity contribution in [1.29, 1.82) is 0 Å². The number of esters is 2. The van der Waals surface area contributed by atoms with Gasteiger partial charge in [0.2, 0.25) is 5.60 Å². The monoisotopic (exact) mass is 214 g/mol. The summed E-state index contributed by atoms with van der Waals surface area (Å²) in [5.41, 5.74) is -1.16. The van der Waals surface area contributed by atoms with Crippen LogP contribution in [0.2, 0.25) is 0 Å². The summed E-state index contributed by atoms with van der Waals surface area (Å²) >= 11 is 0. The third kappa shape index (κ3) is 3.22. The minimum Gasteiger partial charge on any atom is -0.459 e. The molecule has 1 aliphatic carbocycles. The SMILES string of the molecule is CCC(=O)OC(C)(C)C(=O)OC1CCC1. The van der Waals surface area contributed by atoms with Crippen molar-refractivity contribution in [2.24, 2.45) is 0 Å². The van der Waals surface area contributed by atoms with Gasteiger partial charge >= 0.3 is 11.9 Å². The third-order valence-electron chi connectivity index (χ3n) is 2.48. The predicted molar refractivity (Wildman–Crippen MR) is 54.2 cm³/mol. The largest absolute Gasteiger partial charge is 0.459 e. The minimum atomic E-state index is -1.16. The molecule has 4 nitrogen and oxygen atoms in total. The second-order valence-electron chi connectivity index (χ2n) is 4.30. The van der Waals surface area contributed by atoms with E-state index in [1.54, 1.807) is 20.8 Å². The van der Waals surface area contributed by atoms with Crippen molar-refractivity contribution < 1.29 is 19.1 Å². The number of hydrogen-bond acceptors (Lipinski definition) is 4. The summed E-state index contributed by atoms with van der Waals surface area (Å²) in [5.74, 6) is -0.834. The Morgan fingerprint density at radius 3 is 2.33 bits per heavy atom. The molecule has 0 radical (unpaired) electrons. The molecule has 0 aromatic rings. The van der Waals surface area contributed by atoms with E-state index in [0.29, 0.717) is 0 Å². The van der Waals surface area contributed by atoms with Crippen LogP contribution in [0.15, 0.2) is 0 Å². The smallest absolute Gasteiger partial charge is 0.350 e. The first kappa shape index (κ1) is 12.0. The number of rotatable bonds is 4. The molecule has 0 heterocycles. The third-order valence-corrected chi connectivity index (χ3v) is 2.48. The van der Waals surface area contributed by atoms with Crippen LogP contribution in [0.5, 0.6) is 0 Å². The number of hydrogen-bond donors (Lipinski definition) is 0. The van der Waals surface area contributed by atoms with Gasteiger partial charge in [0.15, 0.2) is 0 Å². The molecule has 15 heavy (non-hydrogen) atoms. The molecule has 0 bridgehead atoms. The van der Waals surface area contributed by atoms with Gasteiger partial charge in [-0.1, -0.05) is 6.92 Å². The summed E-state index contributed by atoms with van der Waals surface area (Å²) in [6.07, 6.45) is 3.23. The van der Waals surface area contributed by atoms with Crippen LogP contribution in [-0.2, 0) is 19.1 Å². The van der Waals surface area contributed by atoms with Crippen LogP contribution < -0.4 is 0 Å². The van der Waals surface area contributed by atoms with Gasteiger partial charge in [0.1, 0.15) is 6.10 Å². The van der Waals surface area contributed by atoms with Gasteiger partial charge in [0, 0.05) is 6.42 Å². The van der Waals surface area contributed by atoms with E-state index in [9.17, 15) is 9.59 Å². The normalized spacial score (nSPS) is 16.7. The lowest BCUT2D eigenvalue weighted by molar-refractivity contribution is -0.184. The zero-order valence-corrected chi connectivity index (χ0v) is 9.54. The Hall–Kier alpha value is -1.06. The van der Waals surface area contributed by atoms with Crippen molar-refractivity contribution >= 4 is 11.9 Å².